The Morgan fingerprint density at radius 2 is 2.00 bits per heavy atom. The Balaban J connectivity index is 2.35. The van der Waals surface area contributed by atoms with Crippen molar-refractivity contribution >= 4 is 11.6 Å². The van der Waals surface area contributed by atoms with Gasteiger partial charge in [0.15, 0.2) is 0 Å². The van der Waals surface area contributed by atoms with Crippen LogP contribution < -0.4 is 5.32 Å². The van der Waals surface area contributed by atoms with Gasteiger partial charge in [-0.3, -0.25) is 0 Å². The van der Waals surface area contributed by atoms with Gasteiger partial charge in [-0.15, -0.1) is 11.6 Å². The third kappa shape index (κ3) is 4.67. The molecule has 0 saturated heterocycles. The van der Waals surface area contributed by atoms with Gasteiger partial charge in [-0.05, 0) is 50.4 Å². The van der Waals surface area contributed by atoms with Crippen LogP contribution in [-0.4, -0.2) is 11.9 Å². The highest BCUT2D eigenvalue weighted by Crippen LogP contribution is 2.09. The molecular formula is C13H20ClN. The smallest absolute Gasteiger partial charge is 0.0319 e. The molecule has 0 aromatic heterocycles. The molecule has 0 radical (unpaired) electrons. The van der Waals surface area contributed by atoms with E-state index in [1.165, 1.54) is 16.7 Å². The lowest BCUT2D eigenvalue weighted by Crippen LogP contribution is -2.17. The maximum absolute atomic E-state index is 5.87. The van der Waals surface area contributed by atoms with E-state index in [9.17, 15) is 0 Å². The number of rotatable bonds is 5. The summed E-state index contributed by atoms with van der Waals surface area (Å²) in [6.45, 7) is 8.24. The van der Waals surface area contributed by atoms with Gasteiger partial charge in [0.05, 0.1) is 0 Å². The molecule has 0 bridgehead atoms. The third-order valence-electron chi connectivity index (χ3n) is 2.62. The number of hydrogen-bond acceptors (Lipinski definition) is 1. The predicted molar refractivity (Wildman–Crippen MR) is 67.6 cm³/mol. The zero-order valence-corrected chi connectivity index (χ0v) is 10.6. The van der Waals surface area contributed by atoms with Crippen LogP contribution in [0.25, 0.3) is 0 Å². The predicted octanol–water partition coefficient (Wildman–Crippen LogP) is 3.41. The average molecular weight is 226 g/mol. The minimum Gasteiger partial charge on any atom is -0.313 e. The molecule has 0 saturated carbocycles. The molecular weight excluding hydrogens is 206 g/mol. The highest BCUT2D eigenvalue weighted by Gasteiger charge is 1.98. The van der Waals surface area contributed by atoms with E-state index in [1.807, 2.05) is 6.92 Å². The van der Waals surface area contributed by atoms with Crippen molar-refractivity contribution < 1.29 is 0 Å². The van der Waals surface area contributed by atoms with Crippen LogP contribution in [0.2, 0.25) is 0 Å². The second-order valence-electron chi connectivity index (χ2n) is 4.16. The van der Waals surface area contributed by atoms with Crippen LogP contribution in [0.1, 0.15) is 30.0 Å². The molecule has 84 valence electrons. The van der Waals surface area contributed by atoms with Gasteiger partial charge in [0.2, 0.25) is 0 Å². The Morgan fingerprint density at radius 3 is 2.60 bits per heavy atom. The van der Waals surface area contributed by atoms with Crippen molar-refractivity contribution in [3.63, 3.8) is 0 Å². The van der Waals surface area contributed by atoms with Gasteiger partial charge in [0.1, 0.15) is 0 Å². The Morgan fingerprint density at radius 1 is 1.27 bits per heavy atom. The Labute approximate surface area is 97.8 Å². The number of nitrogens with one attached hydrogen (secondary N) is 1. The number of aryl methyl sites for hydroxylation is 2. The van der Waals surface area contributed by atoms with Crippen molar-refractivity contribution in [3.05, 3.63) is 34.9 Å². The lowest BCUT2D eigenvalue weighted by atomic mass is 10.1. The van der Waals surface area contributed by atoms with Crippen molar-refractivity contribution in [2.75, 3.05) is 6.54 Å². The minimum atomic E-state index is 0.261. The van der Waals surface area contributed by atoms with Gasteiger partial charge in [0.25, 0.3) is 0 Å². The van der Waals surface area contributed by atoms with E-state index in [-0.39, 0.29) is 5.38 Å². The first-order valence-corrected chi connectivity index (χ1v) is 5.94. The van der Waals surface area contributed by atoms with Crippen molar-refractivity contribution in [2.24, 2.45) is 0 Å². The first-order valence-electron chi connectivity index (χ1n) is 5.50. The first-order chi connectivity index (χ1) is 7.09. The average Bonchev–Trinajstić information content (AvgIpc) is 2.18. The Bertz CT molecular complexity index is 307. The van der Waals surface area contributed by atoms with Crippen LogP contribution in [0.15, 0.2) is 18.2 Å². The summed E-state index contributed by atoms with van der Waals surface area (Å²) < 4.78 is 0. The molecule has 0 aliphatic heterocycles. The van der Waals surface area contributed by atoms with Crippen LogP contribution in [0.3, 0.4) is 0 Å². The lowest BCUT2D eigenvalue weighted by Gasteiger charge is -2.08. The van der Waals surface area contributed by atoms with E-state index in [4.69, 9.17) is 11.6 Å². The molecule has 0 amide bonds. The fourth-order valence-corrected chi connectivity index (χ4v) is 1.56. The third-order valence-corrected chi connectivity index (χ3v) is 2.84. The van der Waals surface area contributed by atoms with Gasteiger partial charge in [-0.1, -0.05) is 18.2 Å². The number of alkyl halides is 1. The Kier molecular flexibility index (Phi) is 5.13. The largest absolute Gasteiger partial charge is 0.313 e. The van der Waals surface area contributed by atoms with E-state index in [0.717, 1.165) is 19.5 Å². The summed E-state index contributed by atoms with van der Waals surface area (Å²) in [4.78, 5) is 0. The second kappa shape index (κ2) is 6.14. The molecule has 0 fully saturated rings. The van der Waals surface area contributed by atoms with Crippen molar-refractivity contribution in [1.82, 2.24) is 5.32 Å². The van der Waals surface area contributed by atoms with Crippen molar-refractivity contribution in [2.45, 2.75) is 39.1 Å². The summed E-state index contributed by atoms with van der Waals surface area (Å²) in [6, 6.07) is 6.60. The van der Waals surface area contributed by atoms with Crippen LogP contribution in [0.4, 0.5) is 0 Å². The van der Waals surface area contributed by atoms with E-state index in [2.05, 4.69) is 37.4 Å². The van der Waals surface area contributed by atoms with Crippen LogP contribution >= 0.6 is 11.6 Å². The molecule has 1 unspecified atom stereocenters. The summed E-state index contributed by atoms with van der Waals surface area (Å²) in [5, 5.41) is 3.66. The summed E-state index contributed by atoms with van der Waals surface area (Å²) in [6.07, 6.45) is 1.02. The quantitative estimate of drug-likeness (QED) is 0.598. The maximum atomic E-state index is 5.87. The van der Waals surface area contributed by atoms with E-state index < -0.39 is 0 Å². The SMILES string of the molecule is Cc1ccc(CNCCC(C)Cl)cc1C. The molecule has 1 rings (SSSR count). The lowest BCUT2D eigenvalue weighted by molar-refractivity contribution is 0.644. The second-order valence-corrected chi connectivity index (χ2v) is 4.91. The van der Waals surface area contributed by atoms with Crippen LogP contribution in [0, 0.1) is 13.8 Å². The van der Waals surface area contributed by atoms with Gasteiger partial charge in [-0.2, -0.15) is 0 Å². The fourth-order valence-electron chi connectivity index (χ4n) is 1.45. The van der Waals surface area contributed by atoms with E-state index >= 15 is 0 Å². The molecule has 1 atom stereocenters. The summed E-state index contributed by atoms with van der Waals surface area (Å²) in [7, 11) is 0. The molecule has 1 aromatic carbocycles. The maximum Gasteiger partial charge on any atom is 0.0319 e. The summed E-state index contributed by atoms with van der Waals surface area (Å²) in [5.74, 6) is 0. The number of halogens is 1. The highest BCUT2D eigenvalue weighted by molar-refractivity contribution is 6.20. The highest BCUT2D eigenvalue weighted by atomic mass is 35.5. The number of benzene rings is 1. The van der Waals surface area contributed by atoms with Gasteiger partial charge in [0, 0.05) is 11.9 Å². The van der Waals surface area contributed by atoms with Gasteiger partial charge in [-0.25, -0.2) is 0 Å². The van der Waals surface area contributed by atoms with Crippen LogP contribution in [-0.2, 0) is 6.54 Å². The summed E-state index contributed by atoms with van der Waals surface area (Å²) >= 11 is 5.87. The fraction of sp³-hybridized carbons (Fsp3) is 0.538. The molecule has 0 spiro atoms. The molecule has 1 aromatic rings. The molecule has 15 heavy (non-hydrogen) atoms. The van der Waals surface area contributed by atoms with Gasteiger partial charge < -0.3 is 5.32 Å². The first kappa shape index (κ1) is 12.5. The van der Waals surface area contributed by atoms with E-state index in [1.54, 1.807) is 0 Å². The monoisotopic (exact) mass is 225 g/mol. The van der Waals surface area contributed by atoms with Crippen LogP contribution in [0.5, 0.6) is 0 Å². The Hall–Kier alpha value is -0.530. The minimum absolute atomic E-state index is 0.261. The molecule has 0 heterocycles. The zero-order valence-electron chi connectivity index (χ0n) is 9.81. The molecule has 1 N–H and O–H groups in total. The molecule has 0 aliphatic rings. The van der Waals surface area contributed by atoms with Gasteiger partial charge >= 0.3 is 0 Å². The molecule has 2 heteroatoms. The topological polar surface area (TPSA) is 12.0 Å². The normalized spacial score (nSPS) is 12.8. The number of hydrogen-bond donors (Lipinski definition) is 1. The van der Waals surface area contributed by atoms with Crippen molar-refractivity contribution in [1.29, 1.82) is 0 Å². The standard InChI is InChI=1S/C13H20ClN/c1-10-4-5-13(8-11(10)2)9-15-7-6-12(3)14/h4-5,8,12,15H,6-7,9H2,1-3H3. The molecule has 1 nitrogen and oxygen atoms in total. The molecule has 0 aliphatic carbocycles. The summed E-state index contributed by atoms with van der Waals surface area (Å²) in [5.41, 5.74) is 4.06. The van der Waals surface area contributed by atoms with Crippen molar-refractivity contribution in [3.8, 4) is 0 Å². The zero-order chi connectivity index (χ0) is 11.3. The van der Waals surface area contributed by atoms with E-state index in [0.29, 0.717) is 0 Å².